The molecule has 1 aromatic carbocycles. The second kappa shape index (κ2) is 6.23. The molecule has 1 heterocycles. The molecule has 2 aromatic rings. The van der Waals surface area contributed by atoms with E-state index in [1.54, 1.807) is 12.3 Å². The van der Waals surface area contributed by atoms with Gasteiger partial charge in [0, 0.05) is 10.7 Å². The Kier molecular flexibility index (Phi) is 4.63. The third kappa shape index (κ3) is 3.37. The first-order valence-corrected chi connectivity index (χ1v) is 6.72. The van der Waals surface area contributed by atoms with Crippen LogP contribution in [-0.2, 0) is 6.42 Å². The number of aryl methyl sites for hydroxylation is 1. The Balaban J connectivity index is 2.27. The van der Waals surface area contributed by atoms with Gasteiger partial charge < -0.3 is 0 Å². The van der Waals surface area contributed by atoms with Gasteiger partial charge in [0.2, 0.25) is 0 Å². The lowest BCUT2D eigenvalue weighted by Gasteiger charge is -2.18. The second-order valence-corrected chi connectivity index (χ2v) is 5.22. The minimum Gasteiger partial charge on any atom is -0.271 e. The Morgan fingerprint density at radius 1 is 1.42 bits per heavy atom. The van der Waals surface area contributed by atoms with E-state index in [0.717, 1.165) is 21.3 Å². The van der Waals surface area contributed by atoms with Gasteiger partial charge in [-0.2, -0.15) is 0 Å². The van der Waals surface area contributed by atoms with Gasteiger partial charge in [0.05, 0.1) is 11.7 Å². The summed E-state index contributed by atoms with van der Waals surface area (Å²) in [5.74, 6) is 5.36. The number of hydrazine groups is 1. The molecule has 1 unspecified atom stereocenters. The van der Waals surface area contributed by atoms with Gasteiger partial charge in [-0.1, -0.05) is 28.1 Å². The zero-order chi connectivity index (χ0) is 13.8. The zero-order valence-electron chi connectivity index (χ0n) is 10.5. The lowest BCUT2D eigenvalue weighted by atomic mass is 10.0. The largest absolute Gasteiger partial charge is 0.271 e. The summed E-state index contributed by atoms with van der Waals surface area (Å²) in [5, 5.41) is 0. The van der Waals surface area contributed by atoms with Gasteiger partial charge in [-0.05, 0) is 42.7 Å². The summed E-state index contributed by atoms with van der Waals surface area (Å²) in [6.07, 6.45) is 2.38. The van der Waals surface area contributed by atoms with Gasteiger partial charge in [-0.3, -0.25) is 16.3 Å². The van der Waals surface area contributed by atoms with E-state index in [4.69, 9.17) is 5.84 Å². The summed E-state index contributed by atoms with van der Waals surface area (Å²) >= 11 is 3.37. The normalized spacial score (nSPS) is 12.4. The highest BCUT2D eigenvalue weighted by molar-refractivity contribution is 9.10. The van der Waals surface area contributed by atoms with Gasteiger partial charge in [0.1, 0.15) is 5.82 Å². The molecule has 2 rings (SSSR count). The van der Waals surface area contributed by atoms with Crippen LogP contribution in [0.2, 0.25) is 0 Å². The minimum atomic E-state index is -0.262. The number of aromatic nitrogens is 1. The molecule has 100 valence electrons. The Labute approximate surface area is 120 Å². The fourth-order valence-electron chi connectivity index (χ4n) is 2.00. The van der Waals surface area contributed by atoms with E-state index in [2.05, 4.69) is 26.3 Å². The number of hydrogen-bond acceptors (Lipinski definition) is 3. The number of nitrogens with zero attached hydrogens (tertiary/aromatic N) is 1. The maximum Gasteiger partial charge on any atom is 0.124 e. The highest BCUT2D eigenvalue weighted by atomic mass is 79.9. The summed E-state index contributed by atoms with van der Waals surface area (Å²) in [6.45, 7) is 1.99. The van der Waals surface area contributed by atoms with E-state index >= 15 is 0 Å². The number of pyridine rings is 1. The third-order valence-electron chi connectivity index (χ3n) is 3.02. The number of benzene rings is 1. The van der Waals surface area contributed by atoms with Crippen LogP contribution >= 0.6 is 15.9 Å². The summed E-state index contributed by atoms with van der Waals surface area (Å²) < 4.78 is 13.8. The van der Waals surface area contributed by atoms with E-state index < -0.39 is 0 Å². The van der Waals surface area contributed by atoms with Crippen molar-refractivity contribution in [2.24, 2.45) is 5.84 Å². The molecule has 0 aliphatic carbocycles. The molecule has 0 fully saturated rings. The van der Waals surface area contributed by atoms with Crippen molar-refractivity contribution in [3.05, 3.63) is 63.6 Å². The number of hydrogen-bond donors (Lipinski definition) is 2. The van der Waals surface area contributed by atoms with Gasteiger partial charge in [-0.25, -0.2) is 4.39 Å². The summed E-state index contributed by atoms with van der Waals surface area (Å²) in [7, 11) is 0. The van der Waals surface area contributed by atoms with Crippen molar-refractivity contribution in [3.8, 4) is 0 Å². The Morgan fingerprint density at radius 3 is 2.84 bits per heavy atom. The first kappa shape index (κ1) is 14.1. The molecule has 0 radical (unpaired) electrons. The number of rotatable bonds is 4. The molecule has 0 saturated heterocycles. The topological polar surface area (TPSA) is 50.9 Å². The molecule has 1 aromatic heterocycles. The second-order valence-electron chi connectivity index (χ2n) is 4.36. The van der Waals surface area contributed by atoms with Crippen LogP contribution in [0.3, 0.4) is 0 Å². The van der Waals surface area contributed by atoms with Crippen molar-refractivity contribution < 1.29 is 4.39 Å². The van der Waals surface area contributed by atoms with Gasteiger partial charge in [0.15, 0.2) is 0 Å². The quantitative estimate of drug-likeness (QED) is 0.671. The van der Waals surface area contributed by atoms with Crippen LogP contribution in [0.25, 0.3) is 0 Å². The predicted molar refractivity (Wildman–Crippen MR) is 76.8 cm³/mol. The Hall–Kier alpha value is -1.30. The molecule has 0 saturated carbocycles. The summed E-state index contributed by atoms with van der Waals surface area (Å²) in [4.78, 5) is 4.36. The molecule has 0 bridgehead atoms. The van der Waals surface area contributed by atoms with Crippen LogP contribution in [0.15, 0.2) is 41.0 Å². The molecular formula is C14H15BrFN3. The molecule has 19 heavy (non-hydrogen) atoms. The summed E-state index contributed by atoms with van der Waals surface area (Å²) in [6, 6.07) is 8.42. The predicted octanol–water partition coefficient (Wildman–Crippen LogP) is 3.04. The standard InChI is InChI=1S/C14H15BrFN3/c1-9-3-2-6-18-14(9)13(19-17)7-10-4-5-11(16)8-12(10)15/h2-6,8,13,19H,7,17H2,1H3. The van der Waals surface area contributed by atoms with Crippen molar-refractivity contribution in [3.63, 3.8) is 0 Å². The van der Waals surface area contributed by atoms with E-state index in [9.17, 15) is 4.39 Å². The number of halogens is 2. The SMILES string of the molecule is Cc1cccnc1C(Cc1ccc(F)cc1Br)NN. The average molecular weight is 324 g/mol. The first-order valence-electron chi connectivity index (χ1n) is 5.93. The van der Waals surface area contributed by atoms with E-state index in [1.807, 2.05) is 19.1 Å². The van der Waals surface area contributed by atoms with Crippen LogP contribution in [-0.4, -0.2) is 4.98 Å². The lowest BCUT2D eigenvalue weighted by Crippen LogP contribution is -2.30. The van der Waals surface area contributed by atoms with Crippen LogP contribution < -0.4 is 11.3 Å². The maximum absolute atomic E-state index is 13.1. The molecule has 1 atom stereocenters. The minimum absolute atomic E-state index is 0.108. The van der Waals surface area contributed by atoms with Crippen LogP contribution in [0.4, 0.5) is 4.39 Å². The van der Waals surface area contributed by atoms with E-state index in [0.29, 0.717) is 6.42 Å². The molecule has 0 spiro atoms. The van der Waals surface area contributed by atoms with Gasteiger partial charge in [-0.15, -0.1) is 0 Å². The highest BCUT2D eigenvalue weighted by Crippen LogP contribution is 2.24. The molecule has 0 aliphatic rings. The number of nitrogens with two attached hydrogens (primary N) is 1. The zero-order valence-corrected chi connectivity index (χ0v) is 12.1. The molecule has 3 nitrogen and oxygen atoms in total. The highest BCUT2D eigenvalue weighted by Gasteiger charge is 2.15. The van der Waals surface area contributed by atoms with Crippen LogP contribution in [0.1, 0.15) is 22.9 Å². The van der Waals surface area contributed by atoms with Crippen LogP contribution in [0, 0.1) is 12.7 Å². The number of nitrogens with one attached hydrogen (secondary N) is 1. The lowest BCUT2D eigenvalue weighted by molar-refractivity contribution is 0.533. The molecule has 3 N–H and O–H groups in total. The molecular weight excluding hydrogens is 309 g/mol. The van der Waals surface area contributed by atoms with Gasteiger partial charge in [0.25, 0.3) is 0 Å². The van der Waals surface area contributed by atoms with Crippen molar-refractivity contribution in [1.82, 2.24) is 10.4 Å². The van der Waals surface area contributed by atoms with Crippen molar-refractivity contribution >= 4 is 15.9 Å². The fourth-order valence-corrected chi connectivity index (χ4v) is 2.52. The monoisotopic (exact) mass is 323 g/mol. The smallest absolute Gasteiger partial charge is 0.124 e. The van der Waals surface area contributed by atoms with Crippen molar-refractivity contribution in [2.75, 3.05) is 0 Å². The Bertz CT molecular complexity index is 574. The fraction of sp³-hybridized carbons (Fsp3) is 0.214. The van der Waals surface area contributed by atoms with Crippen molar-refractivity contribution in [1.29, 1.82) is 0 Å². The van der Waals surface area contributed by atoms with Crippen LogP contribution in [0.5, 0.6) is 0 Å². The maximum atomic E-state index is 13.1. The van der Waals surface area contributed by atoms with Gasteiger partial charge >= 0.3 is 0 Å². The third-order valence-corrected chi connectivity index (χ3v) is 3.76. The molecule has 0 aliphatic heterocycles. The average Bonchev–Trinajstić information content (AvgIpc) is 2.39. The molecule has 5 heteroatoms. The summed E-state index contributed by atoms with van der Waals surface area (Å²) in [5.41, 5.74) is 5.73. The van der Waals surface area contributed by atoms with E-state index in [-0.39, 0.29) is 11.9 Å². The van der Waals surface area contributed by atoms with Crippen molar-refractivity contribution in [2.45, 2.75) is 19.4 Å². The Morgan fingerprint density at radius 2 is 2.21 bits per heavy atom. The van der Waals surface area contributed by atoms with E-state index in [1.165, 1.54) is 12.1 Å². The molecule has 0 amide bonds. The first-order chi connectivity index (χ1) is 9.11.